The van der Waals surface area contributed by atoms with Crippen molar-refractivity contribution in [1.29, 1.82) is 0 Å². The average Bonchev–Trinajstić information content (AvgIpc) is 3.16. The molecule has 0 bridgehead atoms. The molecule has 0 amide bonds. The van der Waals surface area contributed by atoms with E-state index < -0.39 is 0 Å². The summed E-state index contributed by atoms with van der Waals surface area (Å²) in [5.74, 6) is 4.21. The number of nitrogens with one attached hydrogen (secondary N) is 1. The zero-order chi connectivity index (χ0) is 14.7. The summed E-state index contributed by atoms with van der Waals surface area (Å²) >= 11 is 0. The minimum Gasteiger partial charge on any atom is -0.466 e. The van der Waals surface area contributed by atoms with Crippen LogP contribution in [0.2, 0.25) is 0 Å². The molecule has 1 aliphatic rings. The molecule has 3 rings (SSSR count). The first-order valence-corrected chi connectivity index (χ1v) is 7.86. The average molecular weight is 288 g/mol. The van der Waals surface area contributed by atoms with Crippen molar-refractivity contribution in [2.75, 3.05) is 19.6 Å². The molecular weight excluding hydrogens is 264 g/mol. The quantitative estimate of drug-likeness (QED) is 0.918. The van der Waals surface area contributed by atoms with Gasteiger partial charge in [-0.25, -0.2) is 4.98 Å². The largest absolute Gasteiger partial charge is 0.466 e. The van der Waals surface area contributed by atoms with Crippen molar-refractivity contribution >= 4 is 0 Å². The van der Waals surface area contributed by atoms with Crippen LogP contribution in [-0.2, 0) is 0 Å². The van der Waals surface area contributed by atoms with Crippen LogP contribution >= 0.6 is 0 Å². The van der Waals surface area contributed by atoms with Crippen LogP contribution in [0.5, 0.6) is 0 Å². The monoisotopic (exact) mass is 288 g/mol. The highest BCUT2D eigenvalue weighted by atomic mass is 16.3. The van der Waals surface area contributed by atoms with Crippen LogP contribution < -0.4 is 0 Å². The van der Waals surface area contributed by atoms with E-state index >= 15 is 0 Å². The minimum atomic E-state index is 0.491. The summed E-state index contributed by atoms with van der Waals surface area (Å²) in [5, 5.41) is 6.96. The number of nitrogens with zero attached hydrogens (tertiary/aromatic N) is 3. The van der Waals surface area contributed by atoms with Gasteiger partial charge >= 0.3 is 0 Å². The number of H-pyrrole nitrogens is 1. The molecule has 3 heterocycles. The Bertz CT molecular complexity index is 540. The summed E-state index contributed by atoms with van der Waals surface area (Å²) in [6.07, 6.45) is 5.10. The molecular formula is C16H24N4O. The van der Waals surface area contributed by atoms with Crippen LogP contribution in [0, 0.1) is 6.92 Å². The van der Waals surface area contributed by atoms with E-state index in [1.54, 1.807) is 6.33 Å². The maximum atomic E-state index is 5.71. The summed E-state index contributed by atoms with van der Waals surface area (Å²) in [4.78, 5) is 6.84. The van der Waals surface area contributed by atoms with Crippen molar-refractivity contribution in [2.24, 2.45) is 0 Å². The van der Waals surface area contributed by atoms with Crippen molar-refractivity contribution < 1.29 is 4.42 Å². The minimum absolute atomic E-state index is 0.491. The van der Waals surface area contributed by atoms with Crippen molar-refractivity contribution in [2.45, 2.75) is 44.9 Å². The first-order valence-electron chi connectivity index (χ1n) is 7.86. The second kappa shape index (κ2) is 6.43. The Morgan fingerprint density at radius 1 is 1.38 bits per heavy atom. The molecule has 1 N–H and O–H groups in total. The molecule has 0 radical (unpaired) electrons. The first-order chi connectivity index (χ1) is 10.2. The summed E-state index contributed by atoms with van der Waals surface area (Å²) in [5.41, 5.74) is 0. The van der Waals surface area contributed by atoms with Gasteiger partial charge in [0.15, 0.2) is 0 Å². The topological polar surface area (TPSA) is 58.0 Å². The van der Waals surface area contributed by atoms with E-state index in [0.29, 0.717) is 11.8 Å². The van der Waals surface area contributed by atoms with E-state index in [1.807, 2.05) is 6.92 Å². The highest BCUT2D eigenvalue weighted by Crippen LogP contribution is 2.26. The summed E-state index contributed by atoms with van der Waals surface area (Å²) in [6.45, 7) is 7.69. The lowest BCUT2D eigenvalue weighted by molar-refractivity contribution is 0.201. The van der Waals surface area contributed by atoms with Gasteiger partial charge in [-0.3, -0.25) is 5.10 Å². The van der Waals surface area contributed by atoms with Crippen LogP contribution in [0.3, 0.4) is 0 Å². The molecule has 5 nitrogen and oxygen atoms in total. The van der Waals surface area contributed by atoms with Gasteiger partial charge in [0, 0.05) is 11.8 Å². The number of piperidine rings is 1. The Morgan fingerprint density at radius 3 is 2.81 bits per heavy atom. The number of furan rings is 1. The van der Waals surface area contributed by atoms with E-state index in [0.717, 1.165) is 43.4 Å². The second-order valence-corrected chi connectivity index (χ2v) is 6.12. The van der Waals surface area contributed by atoms with Crippen LogP contribution in [0.4, 0.5) is 0 Å². The maximum absolute atomic E-state index is 5.71. The number of aryl methyl sites for hydroxylation is 1. The highest BCUT2D eigenvalue weighted by molar-refractivity contribution is 5.09. The van der Waals surface area contributed by atoms with Gasteiger partial charge in [-0.15, -0.1) is 0 Å². The fourth-order valence-corrected chi connectivity index (χ4v) is 3.08. The molecule has 1 aliphatic heterocycles. The van der Waals surface area contributed by atoms with Gasteiger partial charge in [0.05, 0.1) is 0 Å². The van der Waals surface area contributed by atoms with Gasteiger partial charge in [0.2, 0.25) is 0 Å². The number of aromatic amines is 1. The zero-order valence-corrected chi connectivity index (χ0v) is 12.9. The summed E-state index contributed by atoms with van der Waals surface area (Å²) in [6, 6.07) is 4.16. The molecule has 2 aromatic rings. The Hall–Kier alpha value is -1.62. The van der Waals surface area contributed by atoms with E-state index in [2.05, 4.69) is 39.1 Å². The third-order valence-electron chi connectivity index (χ3n) is 4.53. The highest BCUT2D eigenvalue weighted by Gasteiger charge is 2.22. The van der Waals surface area contributed by atoms with Gasteiger partial charge < -0.3 is 9.32 Å². The Morgan fingerprint density at radius 2 is 2.19 bits per heavy atom. The normalized spacial score (nSPS) is 19.0. The van der Waals surface area contributed by atoms with Crippen LogP contribution in [0.25, 0.3) is 0 Å². The number of aromatic nitrogens is 3. The van der Waals surface area contributed by atoms with Crippen LogP contribution in [0.15, 0.2) is 22.9 Å². The lowest BCUT2D eigenvalue weighted by Crippen LogP contribution is -2.34. The van der Waals surface area contributed by atoms with E-state index in [4.69, 9.17) is 4.42 Å². The van der Waals surface area contributed by atoms with E-state index in [9.17, 15) is 0 Å². The molecule has 0 aromatic carbocycles. The van der Waals surface area contributed by atoms with Crippen molar-refractivity contribution in [3.05, 3.63) is 35.8 Å². The maximum Gasteiger partial charge on any atom is 0.137 e. The Labute approximate surface area is 125 Å². The lowest BCUT2D eigenvalue weighted by atomic mass is 9.95. The molecule has 1 fully saturated rings. The van der Waals surface area contributed by atoms with E-state index in [-0.39, 0.29) is 0 Å². The smallest absolute Gasteiger partial charge is 0.137 e. The molecule has 2 aromatic heterocycles. The van der Waals surface area contributed by atoms with Crippen molar-refractivity contribution in [3.63, 3.8) is 0 Å². The van der Waals surface area contributed by atoms with Crippen molar-refractivity contribution in [1.82, 2.24) is 20.1 Å². The van der Waals surface area contributed by atoms with Gasteiger partial charge in [-0.1, -0.05) is 6.92 Å². The van der Waals surface area contributed by atoms with E-state index in [1.165, 1.54) is 12.8 Å². The Kier molecular flexibility index (Phi) is 4.39. The molecule has 0 spiro atoms. The third kappa shape index (κ3) is 3.53. The zero-order valence-electron chi connectivity index (χ0n) is 12.9. The summed E-state index contributed by atoms with van der Waals surface area (Å²) < 4.78 is 5.71. The third-order valence-corrected chi connectivity index (χ3v) is 4.53. The number of hydrogen-bond acceptors (Lipinski definition) is 4. The van der Waals surface area contributed by atoms with Crippen LogP contribution in [-0.4, -0.2) is 39.7 Å². The SMILES string of the molecule is Cc1ccc(C(C)CCN2CCC(c3ncn[nH]3)CC2)o1. The predicted octanol–water partition coefficient (Wildman–Crippen LogP) is 3.08. The molecule has 0 aliphatic carbocycles. The van der Waals surface area contributed by atoms with Gasteiger partial charge in [0.25, 0.3) is 0 Å². The van der Waals surface area contributed by atoms with Gasteiger partial charge in [0.1, 0.15) is 23.7 Å². The lowest BCUT2D eigenvalue weighted by Gasteiger charge is -2.31. The number of likely N-dealkylation sites (tertiary alicyclic amines) is 1. The molecule has 1 saturated heterocycles. The molecule has 114 valence electrons. The van der Waals surface area contributed by atoms with Crippen molar-refractivity contribution in [3.8, 4) is 0 Å². The standard InChI is InChI=1S/C16H24N4O/c1-12(15-4-3-13(2)21-15)5-8-20-9-6-14(7-10-20)16-17-11-18-19-16/h3-4,11-12,14H,5-10H2,1-2H3,(H,17,18,19). The molecule has 0 saturated carbocycles. The molecule has 5 heteroatoms. The first kappa shape index (κ1) is 14.3. The van der Waals surface area contributed by atoms with Crippen LogP contribution in [0.1, 0.15) is 55.4 Å². The second-order valence-electron chi connectivity index (χ2n) is 6.12. The molecule has 1 atom stereocenters. The molecule has 1 unspecified atom stereocenters. The van der Waals surface area contributed by atoms with Gasteiger partial charge in [-0.2, -0.15) is 5.10 Å². The van der Waals surface area contributed by atoms with Gasteiger partial charge in [-0.05, 0) is 58.0 Å². The number of rotatable bonds is 5. The predicted molar refractivity (Wildman–Crippen MR) is 81.3 cm³/mol. The Balaban J connectivity index is 1.43. The number of hydrogen-bond donors (Lipinski definition) is 1. The molecule has 21 heavy (non-hydrogen) atoms. The fraction of sp³-hybridized carbons (Fsp3) is 0.625. The summed E-state index contributed by atoms with van der Waals surface area (Å²) in [7, 11) is 0. The fourth-order valence-electron chi connectivity index (χ4n) is 3.08.